The van der Waals surface area contributed by atoms with Crippen LogP contribution < -0.4 is 5.73 Å². The summed E-state index contributed by atoms with van der Waals surface area (Å²) in [5, 5.41) is 0.725. The smallest absolute Gasteiger partial charge is 0.0961 e. The largest absolute Gasteiger partial charge is 0.372 e. The Kier molecular flexibility index (Phi) is 5.81. The van der Waals surface area contributed by atoms with Gasteiger partial charge < -0.3 is 10.5 Å². The molecule has 0 saturated carbocycles. The van der Waals surface area contributed by atoms with Crippen molar-refractivity contribution >= 4 is 11.6 Å². The van der Waals surface area contributed by atoms with Crippen LogP contribution in [0.5, 0.6) is 0 Å². The topological polar surface area (TPSA) is 35.2 Å². The molecule has 0 amide bonds. The fraction of sp³-hybridized carbons (Fsp3) is 0.538. The van der Waals surface area contributed by atoms with Gasteiger partial charge in [0.15, 0.2) is 0 Å². The highest BCUT2D eigenvalue weighted by molar-refractivity contribution is 6.31. The lowest BCUT2D eigenvalue weighted by atomic mass is 10.1. The lowest BCUT2D eigenvalue weighted by Crippen LogP contribution is -2.17. The molecule has 90 valence electrons. The first-order chi connectivity index (χ1) is 7.65. The van der Waals surface area contributed by atoms with Gasteiger partial charge in [-0.3, -0.25) is 0 Å². The van der Waals surface area contributed by atoms with E-state index in [1.54, 1.807) is 0 Å². The monoisotopic (exact) mass is 241 g/mol. The zero-order valence-corrected chi connectivity index (χ0v) is 10.7. The van der Waals surface area contributed by atoms with Crippen molar-refractivity contribution in [3.63, 3.8) is 0 Å². The summed E-state index contributed by atoms with van der Waals surface area (Å²) in [7, 11) is 0. The van der Waals surface area contributed by atoms with E-state index in [2.05, 4.69) is 13.8 Å². The van der Waals surface area contributed by atoms with Crippen LogP contribution in [0.3, 0.4) is 0 Å². The van der Waals surface area contributed by atoms with Gasteiger partial charge in [-0.2, -0.15) is 0 Å². The number of ether oxygens (including phenoxy) is 1. The number of rotatable bonds is 6. The average molecular weight is 242 g/mol. The first kappa shape index (κ1) is 13.5. The van der Waals surface area contributed by atoms with E-state index in [-0.39, 0.29) is 6.10 Å². The Morgan fingerprint density at radius 1 is 1.31 bits per heavy atom. The van der Waals surface area contributed by atoms with E-state index in [9.17, 15) is 0 Å². The van der Waals surface area contributed by atoms with Crippen LogP contribution in [0.1, 0.15) is 31.9 Å². The molecule has 0 aromatic heterocycles. The van der Waals surface area contributed by atoms with Gasteiger partial charge in [-0.15, -0.1) is 0 Å². The summed E-state index contributed by atoms with van der Waals surface area (Å²) < 4.78 is 5.76. The zero-order chi connectivity index (χ0) is 12.0. The molecule has 0 aliphatic rings. The SMILES string of the molecule is CC(C)CCOC(CN)c1ccccc1Cl. The number of halogens is 1. The molecule has 0 aliphatic carbocycles. The van der Waals surface area contributed by atoms with Gasteiger partial charge >= 0.3 is 0 Å². The summed E-state index contributed by atoms with van der Waals surface area (Å²) in [5.41, 5.74) is 6.69. The van der Waals surface area contributed by atoms with Crippen LogP contribution in [0.15, 0.2) is 24.3 Å². The van der Waals surface area contributed by atoms with Gasteiger partial charge in [-0.1, -0.05) is 43.6 Å². The Hall–Kier alpha value is -0.570. The standard InChI is InChI=1S/C13H20ClNO/c1-10(2)7-8-16-13(9-15)11-5-3-4-6-12(11)14/h3-6,10,13H,7-9,15H2,1-2H3. The third-order valence-electron chi connectivity index (χ3n) is 2.48. The maximum atomic E-state index is 6.10. The van der Waals surface area contributed by atoms with Crippen molar-refractivity contribution in [3.8, 4) is 0 Å². The minimum absolute atomic E-state index is 0.0903. The van der Waals surface area contributed by atoms with Gasteiger partial charge in [0.2, 0.25) is 0 Å². The molecule has 3 heteroatoms. The quantitative estimate of drug-likeness (QED) is 0.829. The highest BCUT2D eigenvalue weighted by Crippen LogP contribution is 2.24. The van der Waals surface area contributed by atoms with Crippen molar-refractivity contribution in [3.05, 3.63) is 34.9 Å². The van der Waals surface area contributed by atoms with Crippen LogP contribution in [0.2, 0.25) is 5.02 Å². The lowest BCUT2D eigenvalue weighted by molar-refractivity contribution is 0.0516. The van der Waals surface area contributed by atoms with Crippen LogP contribution in [-0.4, -0.2) is 13.2 Å². The van der Waals surface area contributed by atoms with Crippen LogP contribution in [0, 0.1) is 5.92 Å². The van der Waals surface area contributed by atoms with Gasteiger partial charge in [0.05, 0.1) is 6.10 Å². The zero-order valence-electron chi connectivity index (χ0n) is 9.95. The second kappa shape index (κ2) is 6.89. The average Bonchev–Trinajstić information content (AvgIpc) is 2.25. The molecule has 2 N–H and O–H groups in total. The highest BCUT2D eigenvalue weighted by Gasteiger charge is 2.13. The van der Waals surface area contributed by atoms with Crippen molar-refractivity contribution in [2.24, 2.45) is 11.7 Å². The van der Waals surface area contributed by atoms with Gasteiger partial charge in [-0.25, -0.2) is 0 Å². The van der Waals surface area contributed by atoms with E-state index in [4.69, 9.17) is 22.1 Å². The first-order valence-electron chi connectivity index (χ1n) is 5.71. The summed E-state index contributed by atoms with van der Waals surface area (Å²) in [4.78, 5) is 0. The molecule has 0 spiro atoms. The van der Waals surface area contributed by atoms with Crippen molar-refractivity contribution in [1.29, 1.82) is 0 Å². The van der Waals surface area contributed by atoms with Crippen LogP contribution in [-0.2, 0) is 4.74 Å². The van der Waals surface area contributed by atoms with Gasteiger partial charge in [-0.05, 0) is 18.4 Å². The number of hydrogen-bond acceptors (Lipinski definition) is 2. The lowest BCUT2D eigenvalue weighted by Gasteiger charge is -2.18. The van der Waals surface area contributed by atoms with Gasteiger partial charge in [0, 0.05) is 23.7 Å². The molecule has 1 unspecified atom stereocenters. The maximum absolute atomic E-state index is 6.10. The highest BCUT2D eigenvalue weighted by atomic mass is 35.5. The maximum Gasteiger partial charge on any atom is 0.0961 e. The molecule has 1 aromatic carbocycles. The summed E-state index contributed by atoms with van der Waals surface area (Å²) in [5.74, 6) is 0.643. The molecular weight excluding hydrogens is 222 g/mol. The van der Waals surface area contributed by atoms with E-state index < -0.39 is 0 Å². The Bertz CT molecular complexity index is 315. The van der Waals surface area contributed by atoms with E-state index in [1.165, 1.54) is 0 Å². The molecule has 1 rings (SSSR count). The van der Waals surface area contributed by atoms with E-state index in [0.717, 1.165) is 23.6 Å². The summed E-state index contributed by atoms with van der Waals surface area (Å²) in [6.07, 6.45) is 0.952. The van der Waals surface area contributed by atoms with Gasteiger partial charge in [0.25, 0.3) is 0 Å². The second-order valence-corrected chi connectivity index (χ2v) is 4.71. The molecule has 0 fully saturated rings. The van der Waals surface area contributed by atoms with Crippen molar-refractivity contribution in [2.75, 3.05) is 13.2 Å². The Balaban J connectivity index is 2.57. The normalized spacial score (nSPS) is 13.1. The molecule has 0 bridgehead atoms. The van der Waals surface area contributed by atoms with E-state index in [1.807, 2.05) is 24.3 Å². The second-order valence-electron chi connectivity index (χ2n) is 4.30. The molecule has 1 aromatic rings. The van der Waals surface area contributed by atoms with E-state index >= 15 is 0 Å². The number of nitrogens with two attached hydrogens (primary N) is 1. The fourth-order valence-electron chi connectivity index (χ4n) is 1.47. The predicted octanol–water partition coefficient (Wildman–Crippen LogP) is 3.40. The molecular formula is C13H20ClNO. The summed E-state index contributed by atoms with van der Waals surface area (Å²) >= 11 is 6.10. The van der Waals surface area contributed by atoms with Gasteiger partial charge in [0.1, 0.15) is 0 Å². The minimum atomic E-state index is -0.0903. The molecule has 0 aliphatic heterocycles. The Morgan fingerprint density at radius 3 is 2.56 bits per heavy atom. The van der Waals surface area contributed by atoms with Crippen LogP contribution in [0.25, 0.3) is 0 Å². The molecule has 16 heavy (non-hydrogen) atoms. The molecule has 2 nitrogen and oxygen atoms in total. The molecule has 1 atom stereocenters. The third-order valence-corrected chi connectivity index (χ3v) is 2.82. The number of hydrogen-bond donors (Lipinski definition) is 1. The summed E-state index contributed by atoms with van der Waals surface area (Å²) in [6.45, 7) is 5.54. The number of benzene rings is 1. The van der Waals surface area contributed by atoms with Crippen molar-refractivity contribution in [2.45, 2.75) is 26.4 Å². The first-order valence-corrected chi connectivity index (χ1v) is 6.09. The van der Waals surface area contributed by atoms with Crippen LogP contribution >= 0.6 is 11.6 Å². The fourth-order valence-corrected chi connectivity index (χ4v) is 1.72. The molecule has 0 heterocycles. The predicted molar refractivity (Wildman–Crippen MR) is 68.7 cm³/mol. The third kappa shape index (κ3) is 4.12. The molecule has 0 saturated heterocycles. The van der Waals surface area contributed by atoms with E-state index in [0.29, 0.717) is 12.5 Å². The minimum Gasteiger partial charge on any atom is -0.372 e. The Labute approximate surface area is 103 Å². The molecule has 0 radical (unpaired) electrons. The van der Waals surface area contributed by atoms with Crippen LogP contribution in [0.4, 0.5) is 0 Å². The summed E-state index contributed by atoms with van der Waals surface area (Å²) in [6, 6.07) is 7.70. The van der Waals surface area contributed by atoms with Crippen molar-refractivity contribution < 1.29 is 4.74 Å². The Morgan fingerprint density at radius 2 is 2.00 bits per heavy atom. The van der Waals surface area contributed by atoms with Crippen molar-refractivity contribution in [1.82, 2.24) is 0 Å².